The lowest BCUT2D eigenvalue weighted by molar-refractivity contribution is 0.269. The summed E-state index contributed by atoms with van der Waals surface area (Å²) < 4.78 is 24.3. The molecule has 100 valence electrons. The second-order valence-electron chi connectivity index (χ2n) is 4.06. The van der Waals surface area contributed by atoms with Crippen molar-refractivity contribution in [3.05, 3.63) is 53.8 Å². The predicted octanol–water partition coefficient (Wildman–Crippen LogP) is 3.39. The monoisotopic (exact) mass is 261 g/mol. The fraction of sp³-hybridized carbons (Fsp3) is 0.200. The van der Waals surface area contributed by atoms with Gasteiger partial charge in [0.2, 0.25) is 0 Å². The normalized spacial score (nSPS) is 10.2. The molecule has 0 aromatic heterocycles. The third-order valence-electron chi connectivity index (χ3n) is 2.52. The summed E-state index contributed by atoms with van der Waals surface area (Å²) in [6.45, 7) is 2.71. The van der Waals surface area contributed by atoms with E-state index < -0.39 is 0 Å². The Morgan fingerprint density at radius 2 is 1.74 bits per heavy atom. The Kier molecular flexibility index (Phi) is 4.23. The van der Waals surface area contributed by atoms with Gasteiger partial charge in [0.15, 0.2) is 11.5 Å². The van der Waals surface area contributed by atoms with Gasteiger partial charge in [0, 0.05) is 5.69 Å². The summed E-state index contributed by atoms with van der Waals surface area (Å²) in [6, 6.07) is 11.7. The fourth-order valence-corrected chi connectivity index (χ4v) is 1.76. The summed E-state index contributed by atoms with van der Waals surface area (Å²) in [6.07, 6.45) is 0. The van der Waals surface area contributed by atoms with Gasteiger partial charge in [0.25, 0.3) is 0 Å². The number of nitrogens with two attached hydrogens (primary N) is 1. The minimum absolute atomic E-state index is 0.242. The number of nitrogen functional groups attached to an aromatic ring is 1. The first-order valence-corrected chi connectivity index (χ1v) is 6.08. The zero-order chi connectivity index (χ0) is 13.7. The zero-order valence-corrected chi connectivity index (χ0v) is 10.7. The molecule has 0 fully saturated rings. The van der Waals surface area contributed by atoms with Gasteiger partial charge in [-0.05, 0) is 42.8 Å². The Balaban J connectivity index is 2.09. The van der Waals surface area contributed by atoms with Gasteiger partial charge < -0.3 is 15.2 Å². The lowest BCUT2D eigenvalue weighted by Crippen LogP contribution is -2.00. The van der Waals surface area contributed by atoms with Crippen molar-refractivity contribution in [2.45, 2.75) is 13.5 Å². The van der Waals surface area contributed by atoms with Gasteiger partial charge >= 0.3 is 0 Å². The first kappa shape index (κ1) is 13.2. The molecule has 2 aromatic rings. The molecule has 0 spiro atoms. The molecule has 2 aromatic carbocycles. The molecule has 0 heterocycles. The molecule has 0 atom stereocenters. The van der Waals surface area contributed by atoms with E-state index in [0.717, 1.165) is 0 Å². The number of anilines is 1. The highest BCUT2D eigenvalue weighted by molar-refractivity contribution is 5.42. The average molecular weight is 261 g/mol. The van der Waals surface area contributed by atoms with Gasteiger partial charge in [-0.1, -0.05) is 12.1 Å². The van der Waals surface area contributed by atoms with Crippen LogP contribution in [-0.2, 0) is 6.61 Å². The first-order valence-electron chi connectivity index (χ1n) is 6.08. The Morgan fingerprint density at radius 3 is 2.37 bits per heavy atom. The predicted molar refractivity (Wildman–Crippen MR) is 72.8 cm³/mol. The molecule has 0 aliphatic carbocycles. The molecule has 2 N–H and O–H groups in total. The lowest BCUT2D eigenvalue weighted by Gasteiger charge is -2.11. The highest BCUT2D eigenvalue weighted by Crippen LogP contribution is 2.27. The van der Waals surface area contributed by atoms with Crippen LogP contribution in [0.1, 0.15) is 12.5 Å². The Bertz CT molecular complexity index is 537. The van der Waals surface area contributed by atoms with Crippen LogP contribution in [-0.4, -0.2) is 6.61 Å². The van der Waals surface area contributed by atoms with Crippen LogP contribution in [0.4, 0.5) is 10.1 Å². The van der Waals surface area contributed by atoms with Gasteiger partial charge in [0.05, 0.1) is 6.61 Å². The maximum Gasteiger partial charge on any atom is 0.161 e. The SMILES string of the molecule is CCOc1ccccc1OCc1cc(N)cc(F)c1. The van der Waals surface area contributed by atoms with Gasteiger partial charge in [-0.3, -0.25) is 0 Å². The molecule has 0 saturated heterocycles. The van der Waals surface area contributed by atoms with E-state index >= 15 is 0 Å². The summed E-state index contributed by atoms with van der Waals surface area (Å²) in [5.74, 6) is 0.943. The minimum Gasteiger partial charge on any atom is -0.490 e. The van der Waals surface area contributed by atoms with E-state index in [0.29, 0.717) is 29.4 Å². The number of ether oxygens (including phenoxy) is 2. The van der Waals surface area contributed by atoms with Gasteiger partial charge in [0.1, 0.15) is 12.4 Å². The third-order valence-corrected chi connectivity index (χ3v) is 2.52. The molecule has 0 saturated carbocycles. The van der Waals surface area contributed by atoms with Crippen molar-refractivity contribution in [1.82, 2.24) is 0 Å². The van der Waals surface area contributed by atoms with Crippen LogP contribution in [0.25, 0.3) is 0 Å². The lowest BCUT2D eigenvalue weighted by atomic mass is 10.2. The topological polar surface area (TPSA) is 44.5 Å². The van der Waals surface area contributed by atoms with Crippen molar-refractivity contribution < 1.29 is 13.9 Å². The van der Waals surface area contributed by atoms with Crippen LogP contribution in [0.5, 0.6) is 11.5 Å². The molecular weight excluding hydrogens is 245 g/mol. The Labute approximate surface area is 111 Å². The van der Waals surface area contributed by atoms with Crippen LogP contribution in [0.2, 0.25) is 0 Å². The molecule has 19 heavy (non-hydrogen) atoms. The van der Waals surface area contributed by atoms with Crippen LogP contribution in [0.3, 0.4) is 0 Å². The summed E-state index contributed by atoms with van der Waals surface area (Å²) in [5, 5.41) is 0. The van der Waals surface area contributed by atoms with E-state index in [1.165, 1.54) is 12.1 Å². The van der Waals surface area contributed by atoms with Crippen LogP contribution < -0.4 is 15.2 Å². The maximum atomic E-state index is 13.2. The molecule has 3 nitrogen and oxygen atoms in total. The quantitative estimate of drug-likeness (QED) is 0.839. The van der Waals surface area contributed by atoms with Gasteiger partial charge in [-0.15, -0.1) is 0 Å². The number of hydrogen-bond acceptors (Lipinski definition) is 3. The molecule has 0 aliphatic rings. The molecule has 4 heteroatoms. The summed E-state index contributed by atoms with van der Waals surface area (Å²) in [7, 11) is 0. The Morgan fingerprint density at radius 1 is 1.05 bits per heavy atom. The zero-order valence-electron chi connectivity index (χ0n) is 10.7. The number of para-hydroxylation sites is 2. The van der Waals surface area contributed by atoms with E-state index in [4.69, 9.17) is 15.2 Å². The van der Waals surface area contributed by atoms with E-state index in [-0.39, 0.29) is 12.4 Å². The highest BCUT2D eigenvalue weighted by atomic mass is 19.1. The maximum absolute atomic E-state index is 13.2. The van der Waals surface area contributed by atoms with E-state index in [1.54, 1.807) is 6.07 Å². The van der Waals surface area contributed by atoms with Crippen molar-refractivity contribution in [2.24, 2.45) is 0 Å². The van der Waals surface area contributed by atoms with Crippen molar-refractivity contribution in [1.29, 1.82) is 0 Å². The molecule has 0 bridgehead atoms. The minimum atomic E-state index is -0.364. The van der Waals surface area contributed by atoms with E-state index in [9.17, 15) is 4.39 Å². The molecule has 0 unspecified atom stereocenters. The third kappa shape index (κ3) is 3.61. The molecule has 0 amide bonds. The standard InChI is InChI=1S/C15H16FNO2/c1-2-18-14-5-3-4-6-15(14)19-10-11-7-12(16)9-13(17)8-11/h3-9H,2,10,17H2,1H3. The summed E-state index contributed by atoms with van der Waals surface area (Å²) >= 11 is 0. The summed E-state index contributed by atoms with van der Waals surface area (Å²) in [5.41, 5.74) is 6.66. The van der Waals surface area contributed by atoms with Crippen LogP contribution >= 0.6 is 0 Å². The second kappa shape index (κ2) is 6.09. The number of benzene rings is 2. The van der Waals surface area contributed by atoms with Crippen LogP contribution in [0.15, 0.2) is 42.5 Å². The van der Waals surface area contributed by atoms with Crippen molar-refractivity contribution in [3.8, 4) is 11.5 Å². The summed E-state index contributed by atoms with van der Waals surface area (Å²) in [4.78, 5) is 0. The number of rotatable bonds is 5. The van der Waals surface area contributed by atoms with E-state index in [1.807, 2.05) is 31.2 Å². The van der Waals surface area contributed by atoms with Crippen molar-refractivity contribution in [2.75, 3.05) is 12.3 Å². The fourth-order valence-electron chi connectivity index (χ4n) is 1.76. The highest BCUT2D eigenvalue weighted by Gasteiger charge is 2.05. The van der Waals surface area contributed by atoms with Crippen molar-refractivity contribution >= 4 is 5.69 Å². The first-order chi connectivity index (χ1) is 9.19. The van der Waals surface area contributed by atoms with Crippen LogP contribution in [0, 0.1) is 5.82 Å². The van der Waals surface area contributed by atoms with Gasteiger partial charge in [-0.25, -0.2) is 4.39 Å². The largest absolute Gasteiger partial charge is 0.490 e. The Hall–Kier alpha value is -2.23. The van der Waals surface area contributed by atoms with Crippen molar-refractivity contribution in [3.63, 3.8) is 0 Å². The molecular formula is C15H16FNO2. The molecule has 0 radical (unpaired) electrons. The average Bonchev–Trinajstić information content (AvgIpc) is 2.37. The van der Waals surface area contributed by atoms with E-state index in [2.05, 4.69) is 0 Å². The number of halogens is 1. The second-order valence-corrected chi connectivity index (χ2v) is 4.06. The number of hydrogen-bond donors (Lipinski definition) is 1. The molecule has 0 aliphatic heterocycles. The molecule has 2 rings (SSSR count). The van der Waals surface area contributed by atoms with Gasteiger partial charge in [-0.2, -0.15) is 0 Å². The smallest absolute Gasteiger partial charge is 0.161 e.